The van der Waals surface area contributed by atoms with E-state index in [9.17, 15) is 8.78 Å². The lowest BCUT2D eigenvalue weighted by molar-refractivity contribution is -0.000365. The smallest absolute Gasteiger partial charge is 0.264 e. The average Bonchev–Trinajstić information content (AvgIpc) is 2.45. The number of hydrogen-bond acceptors (Lipinski definition) is 3. The predicted octanol–water partition coefficient (Wildman–Crippen LogP) is 0.825. The highest BCUT2D eigenvalue weighted by Gasteiger charge is 2.23. The van der Waals surface area contributed by atoms with Crippen LogP contribution in [0.3, 0.4) is 0 Å². The number of nitrogens with two attached hydrogens (primary N) is 1. The average molecular weight is 204 g/mol. The zero-order valence-corrected chi connectivity index (χ0v) is 8.08. The summed E-state index contributed by atoms with van der Waals surface area (Å²) < 4.78 is 26.6. The number of alkyl halides is 2. The molecule has 6 heteroatoms. The van der Waals surface area contributed by atoms with Gasteiger partial charge in [-0.05, 0) is 13.0 Å². The van der Waals surface area contributed by atoms with Gasteiger partial charge in [-0.2, -0.15) is 5.10 Å². The molecule has 0 aliphatic carbocycles. The summed E-state index contributed by atoms with van der Waals surface area (Å²) in [5, 5.41) is 3.74. The molecule has 0 saturated carbocycles. The molecule has 14 heavy (non-hydrogen) atoms. The topological polar surface area (TPSA) is 56.7 Å². The highest BCUT2D eigenvalue weighted by Crippen LogP contribution is 2.14. The number of rotatable bonds is 5. The van der Waals surface area contributed by atoms with Gasteiger partial charge < -0.3 is 5.73 Å². The third kappa shape index (κ3) is 3.37. The van der Waals surface area contributed by atoms with Gasteiger partial charge in [0.15, 0.2) is 0 Å². The monoisotopic (exact) mass is 204 g/mol. The van der Waals surface area contributed by atoms with Gasteiger partial charge in [0, 0.05) is 13.3 Å². The van der Waals surface area contributed by atoms with Gasteiger partial charge in [-0.1, -0.05) is 0 Å². The van der Waals surface area contributed by atoms with Gasteiger partial charge in [0.25, 0.3) is 5.92 Å². The minimum atomic E-state index is -2.76. The number of halogens is 2. The van der Waals surface area contributed by atoms with Gasteiger partial charge in [-0.3, -0.25) is 0 Å². The Balaban J connectivity index is 2.63. The Kier molecular flexibility index (Phi) is 3.51. The molecule has 0 aromatic carbocycles. The van der Waals surface area contributed by atoms with Crippen molar-refractivity contribution in [1.82, 2.24) is 14.8 Å². The molecule has 0 spiro atoms. The Hall–Kier alpha value is -1.04. The first kappa shape index (κ1) is 11.0. The standard InChI is InChI=1S/C8H14F2N4/c1-8(9,10)5-14-7(3-2-4-11)12-6-13-14/h6H,2-5,11H2,1H3. The van der Waals surface area contributed by atoms with Crippen molar-refractivity contribution in [2.45, 2.75) is 32.2 Å². The first-order valence-electron chi connectivity index (χ1n) is 4.47. The number of hydrogen-bond donors (Lipinski definition) is 1. The molecule has 1 rings (SSSR count). The summed E-state index contributed by atoms with van der Waals surface area (Å²) in [6.07, 6.45) is 2.61. The Morgan fingerprint density at radius 2 is 2.29 bits per heavy atom. The zero-order valence-electron chi connectivity index (χ0n) is 8.08. The van der Waals surface area contributed by atoms with E-state index in [0.29, 0.717) is 18.8 Å². The van der Waals surface area contributed by atoms with Crippen molar-refractivity contribution in [3.05, 3.63) is 12.2 Å². The Bertz CT molecular complexity index is 279. The van der Waals surface area contributed by atoms with Crippen LogP contribution < -0.4 is 5.73 Å². The van der Waals surface area contributed by atoms with Crippen LogP contribution in [0.4, 0.5) is 8.78 Å². The minimum Gasteiger partial charge on any atom is -0.330 e. The van der Waals surface area contributed by atoms with Crippen molar-refractivity contribution >= 4 is 0 Å². The third-order valence-corrected chi connectivity index (χ3v) is 1.73. The van der Waals surface area contributed by atoms with Crippen LogP contribution in [0.25, 0.3) is 0 Å². The van der Waals surface area contributed by atoms with E-state index in [1.807, 2.05) is 0 Å². The van der Waals surface area contributed by atoms with Gasteiger partial charge in [0.05, 0.1) is 0 Å². The second-order valence-corrected chi connectivity index (χ2v) is 3.30. The maximum Gasteiger partial charge on any atom is 0.264 e. The summed E-state index contributed by atoms with van der Waals surface area (Å²) >= 11 is 0. The fourth-order valence-corrected chi connectivity index (χ4v) is 1.14. The summed E-state index contributed by atoms with van der Waals surface area (Å²) in [5.74, 6) is -2.19. The van der Waals surface area contributed by atoms with Crippen LogP contribution in [0.15, 0.2) is 6.33 Å². The zero-order chi connectivity index (χ0) is 10.6. The van der Waals surface area contributed by atoms with E-state index in [2.05, 4.69) is 10.1 Å². The van der Waals surface area contributed by atoms with Gasteiger partial charge in [-0.25, -0.2) is 18.4 Å². The molecule has 1 aromatic heterocycles. The van der Waals surface area contributed by atoms with Gasteiger partial charge in [0.2, 0.25) is 0 Å². The van der Waals surface area contributed by atoms with Crippen LogP contribution in [-0.4, -0.2) is 27.2 Å². The molecule has 0 atom stereocenters. The first-order valence-corrected chi connectivity index (χ1v) is 4.47. The van der Waals surface area contributed by atoms with Crippen molar-refractivity contribution in [1.29, 1.82) is 0 Å². The number of aromatic nitrogens is 3. The largest absolute Gasteiger partial charge is 0.330 e. The van der Waals surface area contributed by atoms with E-state index < -0.39 is 12.5 Å². The predicted molar refractivity (Wildman–Crippen MR) is 48.0 cm³/mol. The minimum absolute atomic E-state index is 0.424. The van der Waals surface area contributed by atoms with Crippen molar-refractivity contribution in [3.8, 4) is 0 Å². The number of nitrogens with zero attached hydrogens (tertiary/aromatic N) is 3. The lowest BCUT2D eigenvalue weighted by atomic mass is 10.3. The van der Waals surface area contributed by atoms with Crippen LogP contribution in [0, 0.1) is 0 Å². The number of aryl methyl sites for hydroxylation is 1. The Morgan fingerprint density at radius 1 is 1.57 bits per heavy atom. The van der Waals surface area contributed by atoms with E-state index in [-0.39, 0.29) is 0 Å². The quantitative estimate of drug-likeness (QED) is 0.772. The lowest BCUT2D eigenvalue weighted by Gasteiger charge is -2.11. The maximum absolute atomic E-state index is 12.7. The summed E-state index contributed by atoms with van der Waals surface area (Å²) in [7, 11) is 0. The Morgan fingerprint density at radius 3 is 2.86 bits per heavy atom. The van der Waals surface area contributed by atoms with Crippen LogP contribution in [0.1, 0.15) is 19.2 Å². The molecular formula is C8H14F2N4. The summed E-state index contributed by atoms with van der Waals surface area (Å²) in [5.41, 5.74) is 5.32. The van der Waals surface area contributed by atoms with Gasteiger partial charge in [-0.15, -0.1) is 0 Å². The van der Waals surface area contributed by atoms with E-state index in [0.717, 1.165) is 13.3 Å². The van der Waals surface area contributed by atoms with Gasteiger partial charge in [0.1, 0.15) is 18.7 Å². The fraction of sp³-hybridized carbons (Fsp3) is 0.750. The molecule has 0 unspecified atom stereocenters. The van der Waals surface area contributed by atoms with Crippen molar-refractivity contribution < 1.29 is 8.78 Å². The highest BCUT2D eigenvalue weighted by atomic mass is 19.3. The summed E-state index contributed by atoms with van der Waals surface area (Å²) in [6.45, 7) is 0.962. The molecule has 0 saturated heterocycles. The van der Waals surface area contributed by atoms with E-state index >= 15 is 0 Å². The first-order chi connectivity index (χ1) is 6.53. The second-order valence-electron chi connectivity index (χ2n) is 3.30. The molecule has 80 valence electrons. The molecule has 1 aromatic rings. The summed E-state index contributed by atoms with van der Waals surface area (Å²) in [4.78, 5) is 3.90. The fourth-order valence-electron chi connectivity index (χ4n) is 1.14. The SMILES string of the molecule is CC(F)(F)Cn1ncnc1CCCN. The Labute approximate surface area is 81.1 Å². The van der Waals surface area contributed by atoms with Gasteiger partial charge >= 0.3 is 0 Å². The van der Waals surface area contributed by atoms with E-state index in [1.54, 1.807) is 0 Å². The van der Waals surface area contributed by atoms with Crippen LogP contribution in [0.2, 0.25) is 0 Å². The normalized spacial score (nSPS) is 12.0. The van der Waals surface area contributed by atoms with Crippen LogP contribution in [-0.2, 0) is 13.0 Å². The van der Waals surface area contributed by atoms with Crippen LogP contribution in [0.5, 0.6) is 0 Å². The van der Waals surface area contributed by atoms with Crippen LogP contribution >= 0.6 is 0 Å². The second kappa shape index (κ2) is 4.45. The maximum atomic E-state index is 12.7. The molecule has 0 radical (unpaired) electrons. The molecule has 2 N–H and O–H groups in total. The lowest BCUT2D eigenvalue weighted by Crippen LogP contribution is -2.22. The molecule has 1 heterocycles. The highest BCUT2D eigenvalue weighted by molar-refractivity contribution is 4.85. The molecule has 0 aliphatic rings. The van der Waals surface area contributed by atoms with Crippen molar-refractivity contribution in [2.24, 2.45) is 5.73 Å². The molecule has 0 amide bonds. The summed E-state index contributed by atoms with van der Waals surface area (Å²) in [6, 6.07) is 0. The molecular weight excluding hydrogens is 190 g/mol. The van der Waals surface area contributed by atoms with Crippen molar-refractivity contribution in [2.75, 3.05) is 6.54 Å². The molecule has 0 bridgehead atoms. The van der Waals surface area contributed by atoms with E-state index in [1.165, 1.54) is 11.0 Å². The molecule has 0 aliphatic heterocycles. The molecule has 0 fully saturated rings. The molecule has 4 nitrogen and oxygen atoms in total. The van der Waals surface area contributed by atoms with E-state index in [4.69, 9.17) is 5.73 Å². The van der Waals surface area contributed by atoms with Crippen molar-refractivity contribution in [3.63, 3.8) is 0 Å². The third-order valence-electron chi connectivity index (χ3n) is 1.73.